The van der Waals surface area contributed by atoms with Crippen molar-refractivity contribution in [3.05, 3.63) is 40.7 Å². The number of anilines is 1. The Morgan fingerprint density at radius 3 is 2.69 bits per heavy atom. The molecule has 1 N–H and O–H groups in total. The fraction of sp³-hybridized carbons (Fsp3) is 0.333. The number of halogens is 2. The number of hydrogen-bond acceptors (Lipinski definition) is 6. The number of benzene rings is 1. The van der Waals surface area contributed by atoms with Crippen molar-refractivity contribution >= 4 is 17.3 Å². The summed E-state index contributed by atoms with van der Waals surface area (Å²) in [5, 5.41) is 17.2. The molecular formula is C15H16F2N4O5. The lowest BCUT2D eigenvalue weighted by atomic mass is 10.2. The second-order valence-corrected chi connectivity index (χ2v) is 5.09. The molecule has 0 bridgehead atoms. The largest absolute Gasteiger partial charge is 0.493 e. The number of nitrogens with zero attached hydrogens (tertiary/aromatic N) is 3. The number of nitro groups is 1. The summed E-state index contributed by atoms with van der Waals surface area (Å²) in [7, 11) is 1.27. The number of alkyl halides is 2. The van der Waals surface area contributed by atoms with E-state index < -0.39 is 23.5 Å². The molecule has 11 heteroatoms. The number of carbonyl (C=O) groups is 1. The molecule has 1 aromatic carbocycles. The van der Waals surface area contributed by atoms with Gasteiger partial charge in [-0.2, -0.15) is 13.9 Å². The van der Waals surface area contributed by atoms with E-state index in [1.54, 1.807) is 6.92 Å². The predicted molar refractivity (Wildman–Crippen MR) is 86.5 cm³/mol. The quantitative estimate of drug-likeness (QED) is 0.565. The van der Waals surface area contributed by atoms with Gasteiger partial charge in [0.1, 0.15) is 18.4 Å². The first-order valence-corrected chi connectivity index (χ1v) is 7.48. The summed E-state index contributed by atoms with van der Waals surface area (Å²) in [6.07, 6.45) is 2.54. The average Bonchev–Trinajstić information content (AvgIpc) is 3.06. The predicted octanol–water partition coefficient (Wildman–Crippen LogP) is 2.99. The Morgan fingerprint density at radius 2 is 2.15 bits per heavy atom. The van der Waals surface area contributed by atoms with Crippen LogP contribution in [-0.2, 0) is 4.79 Å². The van der Waals surface area contributed by atoms with Crippen LogP contribution in [0.15, 0.2) is 30.6 Å². The molecule has 0 saturated heterocycles. The van der Waals surface area contributed by atoms with Crippen LogP contribution in [0.2, 0.25) is 0 Å². The SMILES string of the molecule is CCC(C(=O)Nc1ccc(OC(F)F)c(OC)c1)n1cc([N+](=O)[O-])cn1. The third-order valence-corrected chi connectivity index (χ3v) is 3.45. The van der Waals surface area contributed by atoms with Gasteiger partial charge in [0.15, 0.2) is 11.5 Å². The van der Waals surface area contributed by atoms with Crippen LogP contribution in [-0.4, -0.2) is 34.3 Å². The summed E-state index contributed by atoms with van der Waals surface area (Å²) in [6, 6.07) is 3.15. The number of amides is 1. The maximum atomic E-state index is 12.5. The molecule has 2 aromatic rings. The van der Waals surface area contributed by atoms with Gasteiger partial charge in [-0.25, -0.2) is 0 Å². The van der Waals surface area contributed by atoms with Gasteiger partial charge in [0, 0.05) is 11.8 Å². The smallest absolute Gasteiger partial charge is 0.387 e. The fourth-order valence-corrected chi connectivity index (χ4v) is 2.25. The monoisotopic (exact) mass is 370 g/mol. The van der Waals surface area contributed by atoms with Gasteiger partial charge in [-0.1, -0.05) is 6.92 Å². The molecule has 9 nitrogen and oxygen atoms in total. The maximum absolute atomic E-state index is 12.5. The molecule has 0 aliphatic rings. The molecule has 0 radical (unpaired) electrons. The number of nitrogens with one attached hydrogen (secondary N) is 1. The first kappa shape index (κ1) is 19.1. The molecular weight excluding hydrogens is 354 g/mol. The second-order valence-electron chi connectivity index (χ2n) is 5.09. The van der Waals surface area contributed by atoms with Gasteiger partial charge in [0.05, 0.1) is 12.0 Å². The van der Waals surface area contributed by atoms with Crippen LogP contribution >= 0.6 is 0 Å². The Morgan fingerprint density at radius 1 is 1.42 bits per heavy atom. The molecule has 0 aliphatic heterocycles. The maximum Gasteiger partial charge on any atom is 0.387 e. The standard InChI is InChI=1S/C15H16F2N4O5/c1-3-11(20-8-10(7-18-20)21(23)24)14(22)19-9-4-5-12(26-15(16)17)13(6-9)25-2/h4-8,11,15H,3H2,1-2H3,(H,19,22). The third kappa shape index (κ3) is 4.43. The summed E-state index contributed by atoms with van der Waals surface area (Å²) < 4.78 is 35.2. The highest BCUT2D eigenvalue weighted by atomic mass is 19.3. The number of rotatable bonds is 8. The van der Waals surface area contributed by atoms with Crippen molar-refractivity contribution in [3.8, 4) is 11.5 Å². The molecule has 1 atom stereocenters. The minimum absolute atomic E-state index is 0.0193. The molecule has 140 valence electrons. The van der Waals surface area contributed by atoms with E-state index in [2.05, 4.69) is 15.2 Å². The zero-order chi connectivity index (χ0) is 19.3. The van der Waals surface area contributed by atoms with Crippen LogP contribution in [0, 0.1) is 10.1 Å². The Kier molecular flexibility index (Phi) is 6.04. The molecule has 1 heterocycles. The van der Waals surface area contributed by atoms with Gasteiger partial charge >= 0.3 is 12.3 Å². The normalized spacial score (nSPS) is 11.9. The third-order valence-electron chi connectivity index (χ3n) is 3.45. The molecule has 1 aromatic heterocycles. The minimum Gasteiger partial charge on any atom is -0.493 e. The van der Waals surface area contributed by atoms with Crippen LogP contribution < -0.4 is 14.8 Å². The van der Waals surface area contributed by atoms with Gasteiger partial charge < -0.3 is 14.8 Å². The zero-order valence-corrected chi connectivity index (χ0v) is 13.9. The molecule has 26 heavy (non-hydrogen) atoms. The lowest BCUT2D eigenvalue weighted by Crippen LogP contribution is -2.26. The van der Waals surface area contributed by atoms with E-state index in [9.17, 15) is 23.7 Å². The summed E-state index contributed by atoms with van der Waals surface area (Å²) in [4.78, 5) is 22.6. The lowest BCUT2D eigenvalue weighted by molar-refractivity contribution is -0.385. The van der Waals surface area contributed by atoms with Crippen LogP contribution in [0.5, 0.6) is 11.5 Å². The minimum atomic E-state index is -3.01. The average molecular weight is 370 g/mol. The van der Waals surface area contributed by atoms with Crippen molar-refractivity contribution in [2.45, 2.75) is 26.0 Å². The highest BCUT2D eigenvalue weighted by Gasteiger charge is 2.22. The summed E-state index contributed by atoms with van der Waals surface area (Å²) >= 11 is 0. The highest BCUT2D eigenvalue weighted by molar-refractivity contribution is 5.94. The number of hydrogen-bond donors (Lipinski definition) is 1. The van der Waals surface area contributed by atoms with Gasteiger partial charge in [-0.05, 0) is 18.6 Å². The highest BCUT2D eigenvalue weighted by Crippen LogP contribution is 2.31. The van der Waals surface area contributed by atoms with E-state index in [4.69, 9.17) is 4.74 Å². The number of aromatic nitrogens is 2. The van der Waals surface area contributed by atoms with Crippen LogP contribution in [0.1, 0.15) is 19.4 Å². The van der Waals surface area contributed by atoms with Gasteiger partial charge in [0.2, 0.25) is 5.91 Å². The van der Waals surface area contributed by atoms with Gasteiger partial charge in [-0.3, -0.25) is 19.6 Å². The van der Waals surface area contributed by atoms with E-state index >= 15 is 0 Å². The van der Waals surface area contributed by atoms with Gasteiger partial charge in [-0.15, -0.1) is 0 Å². The molecule has 0 fully saturated rings. The molecule has 0 spiro atoms. The molecule has 1 amide bonds. The van der Waals surface area contributed by atoms with Crippen LogP contribution in [0.25, 0.3) is 0 Å². The number of carbonyl (C=O) groups excluding carboxylic acids is 1. The Balaban J connectivity index is 2.17. The summed E-state index contributed by atoms with van der Waals surface area (Å²) in [6.45, 7) is -1.29. The Hall–Kier alpha value is -3.24. The van der Waals surface area contributed by atoms with E-state index in [-0.39, 0.29) is 22.9 Å². The Labute approximate surface area is 146 Å². The van der Waals surface area contributed by atoms with Gasteiger partial charge in [0.25, 0.3) is 0 Å². The Bertz CT molecular complexity index is 796. The topological polar surface area (TPSA) is 109 Å². The van der Waals surface area contributed by atoms with Crippen molar-refractivity contribution in [3.63, 3.8) is 0 Å². The molecule has 0 aliphatic carbocycles. The first-order valence-electron chi connectivity index (χ1n) is 7.48. The lowest BCUT2D eigenvalue weighted by Gasteiger charge is -2.16. The zero-order valence-electron chi connectivity index (χ0n) is 13.9. The fourth-order valence-electron chi connectivity index (χ4n) is 2.25. The molecule has 2 rings (SSSR count). The van der Waals surface area contributed by atoms with E-state index in [1.165, 1.54) is 30.0 Å². The van der Waals surface area contributed by atoms with E-state index in [1.807, 2.05) is 0 Å². The van der Waals surface area contributed by atoms with Crippen molar-refractivity contribution in [2.24, 2.45) is 0 Å². The number of ether oxygens (including phenoxy) is 2. The molecule has 1 unspecified atom stereocenters. The van der Waals surface area contributed by atoms with Crippen molar-refractivity contribution in [1.29, 1.82) is 0 Å². The van der Waals surface area contributed by atoms with Crippen LogP contribution in [0.4, 0.5) is 20.2 Å². The van der Waals surface area contributed by atoms with Crippen molar-refractivity contribution < 1.29 is 28.0 Å². The van der Waals surface area contributed by atoms with Crippen LogP contribution in [0.3, 0.4) is 0 Å². The number of methoxy groups -OCH3 is 1. The van der Waals surface area contributed by atoms with E-state index in [0.717, 1.165) is 12.4 Å². The second kappa shape index (κ2) is 8.23. The van der Waals surface area contributed by atoms with Crippen molar-refractivity contribution in [2.75, 3.05) is 12.4 Å². The first-order chi connectivity index (χ1) is 12.3. The van der Waals surface area contributed by atoms with E-state index in [0.29, 0.717) is 6.42 Å². The molecule has 0 saturated carbocycles. The summed E-state index contributed by atoms with van der Waals surface area (Å²) in [5.74, 6) is -0.629. The van der Waals surface area contributed by atoms with Crippen molar-refractivity contribution in [1.82, 2.24) is 9.78 Å². The summed E-state index contributed by atoms with van der Waals surface area (Å²) in [5.41, 5.74) is 0.0555.